The van der Waals surface area contributed by atoms with Crippen molar-refractivity contribution < 1.29 is 41.8 Å². The van der Waals surface area contributed by atoms with Crippen LogP contribution in [0.2, 0.25) is 0 Å². The molecule has 0 unspecified atom stereocenters. The van der Waals surface area contributed by atoms with Crippen LogP contribution in [0.4, 0.5) is 22.0 Å². The summed E-state index contributed by atoms with van der Waals surface area (Å²) in [6.07, 6.45) is -3.10. The maximum atomic E-state index is 14.1. The maximum Gasteiger partial charge on any atom is 0.490 e. The van der Waals surface area contributed by atoms with Gasteiger partial charge in [-0.25, -0.2) is 13.6 Å². The molecule has 0 saturated heterocycles. The van der Waals surface area contributed by atoms with E-state index in [0.29, 0.717) is 12.2 Å². The lowest BCUT2D eigenvalue weighted by molar-refractivity contribution is -0.192. The van der Waals surface area contributed by atoms with Gasteiger partial charge in [-0.1, -0.05) is 6.07 Å². The lowest BCUT2D eigenvalue weighted by Crippen LogP contribution is -2.21. The molecule has 170 valence electrons. The van der Waals surface area contributed by atoms with E-state index in [1.54, 1.807) is 18.3 Å². The van der Waals surface area contributed by atoms with E-state index < -0.39 is 36.2 Å². The summed E-state index contributed by atoms with van der Waals surface area (Å²) in [5.74, 6) is -4.99. The molecule has 3 rings (SSSR count). The molecule has 0 aliphatic heterocycles. The number of Topliss-reactive ketones (excluding diaryl/α,β-unsaturated/α-hetero) is 1. The summed E-state index contributed by atoms with van der Waals surface area (Å²) in [5, 5.41) is 27.6. The van der Waals surface area contributed by atoms with Crippen LogP contribution < -0.4 is 0 Å². The number of carbonyl (C=O) groups is 2. The third kappa shape index (κ3) is 6.87. The Morgan fingerprint density at radius 1 is 1.09 bits per heavy atom. The highest BCUT2D eigenvalue weighted by atomic mass is 19.4. The molecule has 1 aromatic carbocycles. The van der Waals surface area contributed by atoms with Gasteiger partial charge in [-0.3, -0.25) is 9.78 Å². The van der Waals surface area contributed by atoms with Gasteiger partial charge in [0.2, 0.25) is 0 Å². The monoisotopic (exact) mass is 459 g/mol. The molecule has 2 aromatic heterocycles. The average molecular weight is 459 g/mol. The number of alkyl halides is 3. The Morgan fingerprint density at radius 3 is 2.22 bits per heavy atom. The van der Waals surface area contributed by atoms with E-state index in [9.17, 15) is 26.7 Å². The summed E-state index contributed by atoms with van der Waals surface area (Å²) in [7, 11) is 0. The second-order valence-electron chi connectivity index (χ2n) is 6.04. The molecule has 2 heterocycles. The zero-order chi connectivity index (χ0) is 23.9. The number of ketones is 1. The normalized spacial score (nSPS) is 10.9. The third-order valence-corrected chi connectivity index (χ3v) is 3.71. The van der Waals surface area contributed by atoms with Crippen LogP contribution in [0, 0.1) is 11.6 Å². The molecular formula is C18H14F5N5O4. The van der Waals surface area contributed by atoms with Crippen molar-refractivity contribution in [2.75, 3.05) is 6.61 Å². The molecule has 9 nitrogen and oxygen atoms in total. The molecule has 0 fully saturated rings. The number of rotatable bonds is 6. The Bertz CT molecular complexity index is 1070. The molecular weight excluding hydrogens is 445 g/mol. The summed E-state index contributed by atoms with van der Waals surface area (Å²) >= 11 is 0. The van der Waals surface area contributed by atoms with Gasteiger partial charge in [-0.2, -0.15) is 18.0 Å². The van der Waals surface area contributed by atoms with Gasteiger partial charge in [0.1, 0.15) is 18.2 Å². The quantitative estimate of drug-likeness (QED) is 0.422. The van der Waals surface area contributed by atoms with E-state index in [0.717, 1.165) is 22.6 Å². The van der Waals surface area contributed by atoms with E-state index >= 15 is 0 Å². The van der Waals surface area contributed by atoms with Gasteiger partial charge in [-0.05, 0) is 29.5 Å². The van der Waals surface area contributed by atoms with Crippen molar-refractivity contribution in [2.45, 2.75) is 19.1 Å². The maximum absolute atomic E-state index is 14.1. The van der Waals surface area contributed by atoms with Crippen LogP contribution in [0.3, 0.4) is 0 Å². The Labute approximate surface area is 176 Å². The largest absolute Gasteiger partial charge is 0.490 e. The second-order valence-corrected chi connectivity index (χ2v) is 6.04. The van der Waals surface area contributed by atoms with Crippen LogP contribution in [-0.4, -0.2) is 59.9 Å². The number of carboxylic acid groups (broad SMARTS) is 1. The highest BCUT2D eigenvalue weighted by Gasteiger charge is 2.38. The number of halogens is 5. The van der Waals surface area contributed by atoms with E-state index in [1.807, 2.05) is 6.07 Å². The highest BCUT2D eigenvalue weighted by molar-refractivity contribution is 5.97. The number of pyridine rings is 1. The fraction of sp³-hybridized carbons (Fsp3) is 0.222. The molecule has 0 saturated carbocycles. The van der Waals surface area contributed by atoms with Gasteiger partial charge in [0.05, 0.1) is 13.0 Å². The first-order chi connectivity index (χ1) is 15.0. The highest BCUT2D eigenvalue weighted by Crippen LogP contribution is 2.17. The number of hydrogen-bond donors (Lipinski definition) is 2. The number of aliphatic carboxylic acids is 1. The van der Waals surface area contributed by atoms with Crippen molar-refractivity contribution >= 4 is 11.8 Å². The molecule has 0 aliphatic rings. The summed E-state index contributed by atoms with van der Waals surface area (Å²) < 4.78 is 59.9. The molecule has 0 spiro atoms. The SMILES string of the molecule is O=C(CO)c1cc(F)c(Cn2nnc(Cc3ccccn3)n2)c(F)c1.O=C(O)C(F)(F)F. The second kappa shape index (κ2) is 10.5. The van der Waals surface area contributed by atoms with Crippen LogP contribution in [-0.2, 0) is 17.8 Å². The van der Waals surface area contributed by atoms with E-state index in [1.165, 1.54) is 0 Å². The number of benzene rings is 1. The molecule has 32 heavy (non-hydrogen) atoms. The number of tetrazole rings is 1. The molecule has 2 N–H and O–H groups in total. The number of nitrogens with zero attached hydrogens (tertiary/aromatic N) is 5. The van der Waals surface area contributed by atoms with Crippen molar-refractivity contribution in [3.05, 3.63) is 70.8 Å². The number of carboxylic acids is 1. The first kappa shape index (κ1) is 24.5. The fourth-order valence-corrected chi connectivity index (χ4v) is 2.23. The summed E-state index contributed by atoms with van der Waals surface area (Å²) in [6, 6.07) is 7.17. The zero-order valence-corrected chi connectivity index (χ0v) is 15.9. The minimum Gasteiger partial charge on any atom is -0.475 e. The number of hydrogen-bond acceptors (Lipinski definition) is 7. The lowest BCUT2D eigenvalue weighted by atomic mass is 10.1. The summed E-state index contributed by atoms with van der Waals surface area (Å²) in [5.41, 5.74) is 0.214. The number of aliphatic hydroxyl groups is 1. The molecule has 0 amide bonds. The molecule has 3 aromatic rings. The van der Waals surface area contributed by atoms with Crippen molar-refractivity contribution in [1.29, 1.82) is 0 Å². The van der Waals surface area contributed by atoms with E-state index in [4.69, 9.17) is 15.0 Å². The standard InChI is InChI=1S/C16H13F2N5O2.C2HF3O2/c17-13-5-10(15(25)9-24)6-14(18)12(13)8-23-21-16(20-22-23)7-11-3-1-2-4-19-11;3-2(4,5)1(6)7/h1-6,24H,7-9H2;(H,6,7). The van der Waals surface area contributed by atoms with Gasteiger partial charge in [0.25, 0.3) is 0 Å². The lowest BCUT2D eigenvalue weighted by Gasteiger charge is -2.06. The Hall–Kier alpha value is -3.81. The van der Waals surface area contributed by atoms with Crippen molar-refractivity contribution in [2.24, 2.45) is 0 Å². The van der Waals surface area contributed by atoms with Gasteiger partial charge in [0, 0.05) is 23.0 Å². The van der Waals surface area contributed by atoms with Crippen LogP contribution in [0.25, 0.3) is 0 Å². The van der Waals surface area contributed by atoms with Crippen molar-refractivity contribution in [1.82, 2.24) is 25.2 Å². The van der Waals surface area contributed by atoms with Crippen LogP contribution in [0.15, 0.2) is 36.5 Å². The van der Waals surface area contributed by atoms with Gasteiger partial charge in [-0.15, -0.1) is 10.2 Å². The van der Waals surface area contributed by atoms with Gasteiger partial charge < -0.3 is 10.2 Å². The smallest absolute Gasteiger partial charge is 0.475 e. The summed E-state index contributed by atoms with van der Waals surface area (Å²) in [4.78, 5) is 25.4. The van der Waals surface area contributed by atoms with E-state index in [2.05, 4.69) is 20.4 Å². The van der Waals surface area contributed by atoms with Crippen molar-refractivity contribution in [3.63, 3.8) is 0 Å². The Morgan fingerprint density at radius 2 is 1.72 bits per heavy atom. The van der Waals surface area contributed by atoms with Gasteiger partial charge >= 0.3 is 12.1 Å². The van der Waals surface area contributed by atoms with Crippen LogP contribution in [0.5, 0.6) is 0 Å². The summed E-state index contributed by atoms with van der Waals surface area (Å²) in [6.45, 7) is -1.10. The predicted molar refractivity (Wildman–Crippen MR) is 95.4 cm³/mol. The van der Waals surface area contributed by atoms with Crippen molar-refractivity contribution in [3.8, 4) is 0 Å². The molecule has 14 heteroatoms. The fourth-order valence-electron chi connectivity index (χ4n) is 2.23. The minimum absolute atomic E-state index is 0.233. The molecule has 0 aliphatic carbocycles. The average Bonchev–Trinajstić information content (AvgIpc) is 3.17. The Kier molecular flexibility index (Phi) is 8.01. The number of carbonyl (C=O) groups excluding carboxylic acids is 1. The van der Waals surface area contributed by atoms with Crippen LogP contribution >= 0.6 is 0 Å². The minimum atomic E-state index is -5.08. The topological polar surface area (TPSA) is 131 Å². The number of aliphatic hydroxyl groups excluding tert-OH is 1. The third-order valence-electron chi connectivity index (χ3n) is 3.71. The first-order valence-electron chi connectivity index (χ1n) is 8.60. The predicted octanol–water partition coefficient (Wildman–Crippen LogP) is 1.79. The first-order valence-corrected chi connectivity index (χ1v) is 8.60. The molecule has 0 bridgehead atoms. The van der Waals surface area contributed by atoms with Gasteiger partial charge in [0.15, 0.2) is 11.6 Å². The van der Waals surface area contributed by atoms with Crippen LogP contribution in [0.1, 0.15) is 27.4 Å². The van der Waals surface area contributed by atoms with E-state index in [-0.39, 0.29) is 17.7 Å². The Balaban J connectivity index is 0.000000451. The molecule has 0 atom stereocenters. The number of aromatic nitrogens is 5. The zero-order valence-electron chi connectivity index (χ0n) is 15.9. The molecule has 0 radical (unpaired) electrons.